The summed E-state index contributed by atoms with van der Waals surface area (Å²) in [5.74, 6) is 0.684. The maximum atomic E-state index is 11.9. The minimum absolute atomic E-state index is 0.0628. The van der Waals surface area contributed by atoms with Crippen molar-refractivity contribution in [1.29, 1.82) is 0 Å². The molecule has 22 heavy (non-hydrogen) atoms. The largest absolute Gasteiger partial charge is 0.377 e. The lowest BCUT2D eigenvalue weighted by Gasteiger charge is -2.10. The number of rotatable bonds is 6. The van der Waals surface area contributed by atoms with Crippen molar-refractivity contribution in [2.24, 2.45) is 0 Å². The van der Waals surface area contributed by atoms with Crippen molar-refractivity contribution in [3.63, 3.8) is 0 Å². The number of hydrogen-bond donors (Lipinski definition) is 2. The molecule has 1 aromatic carbocycles. The number of carbonyl (C=O) groups is 1. The smallest absolute Gasteiger partial charge is 0.251 e. The maximum Gasteiger partial charge on any atom is 0.251 e. The molecule has 7 heteroatoms. The highest BCUT2D eigenvalue weighted by Crippen LogP contribution is 2.19. The van der Waals surface area contributed by atoms with Crippen molar-refractivity contribution in [2.75, 3.05) is 30.9 Å². The molecule has 2 aromatic rings. The molecule has 1 aromatic heterocycles. The number of aryl methyl sites for hydroxylation is 1. The zero-order chi connectivity index (χ0) is 16.1. The monoisotopic (exact) mass is 319 g/mol. The lowest BCUT2D eigenvalue weighted by molar-refractivity contribution is 0.0956. The SMILES string of the molecule is CCNC(=O)c1ccc(C)c(NCc2nsc(N(C)C)n2)c1. The molecule has 2 N–H and O–H groups in total. The number of nitrogens with zero attached hydrogens (tertiary/aromatic N) is 3. The van der Waals surface area contributed by atoms with E-state index in [1.165, 1.54) is 11.5 Å². The first-order valence-electron chi connectivity index (χ1n) is 7.14. The molecular formula is C15H21N5OS. The molecule has 0 unspecified atom stereocenters. The summed E-state index contributed by atoms with van der Waals surface area (Å²) < 4.78 is 4.32. The van der Waals surface area contributed by atoms with E-state index in [1.807, 2.05) is 51.0 Å². The number of nitrogens with one attached hydrogen (secondary N) is 2. The molecule has 0 saturated heterocycles. The van der Waals surface area contributed by atoms with Crippen LogP contribution in [-0.2, 0) is 6.54 Å². The van der Waals surface area contributed by atoms with Gasteiger partial charge in [-0.15, -0.1) is 0 Å². The summed E-state index contributed by atoms with van der Waals surface area (Å²) in [4.78, 5) is 18.3. The maximum absolute atomic E-state index is 11.9. The molecule has 6 nitrogen and oxygen atoms in total. The van der Waals surface area contributed by atoms with Crippen LogP contribution in [0.2, 0.25) is 0 Å². The molecular weight excluding hydrogens is 298 g/mol. The third-order valence-electron chi connectivity index (χ3n) is 3.11. The van der Waals surface area contributed by atoms with Crippen molar-refractivity contribution >= 4 is 28.3 Å². The lowest BCUT2D eigenvalue weighted by Crippen LogP contribution is -2.22. The molecule has 0 aliphatic rings. The molecule has 0 radical (unpaired) electrons. The van der Waals surface area contributed by atoms with Gasteiger partial charge in [0.2, 0.25) is 5.13 Å². The number of benzene rings is 1. The van der Waals surface area contributed by atoms with Crippen LogP contribution in [0.15, 0.2) is 18.2 Å². The Labute approximate surface area is 134 Å². The van der Waals surface area contributed by atoms with Gasteiger partial charge in [-0.2, -0.15) is 4.37 Å². The number of amides is 1. The number of anilines is 2. The third-order valence-corrected chi connectivity index (χ3v) is 4.04. The fourth-order valence-corrected chi connectivity index (χ4v) is 2.49. The molecule has 0 fully saturated rings. The van der Waals surface area contributed by atoms with Crippen LogP contribution in [0.5, 0.6) is 0 Å². The van der Waals surface area contributed by atoms with Crippen LogP contribution < -0.4 is 15.5 Å². The van der Waals surface area contributed by atoms with Crippen LogP contribution in [-0.4, -0.2) is 35.9 Å². The highest BCUT2D eigenvalue weighted by atomic mass is 32.1. The second-order valence-corrected chi connectivity index (χ2v) is 5.86. The molecule has 0 aliphatic carbocycles. The Morgan fingerprint density at radius 2 is 2.14 bits per heavy atom. The number of hydrogen-bond acceptors (Lipinski definition) is 6. The summed E-state index contributed by atoms with van der Waals surface area (Å²) in [7, 11) is 3.88. The number of aromatic nitrogens is 2. The minimum Gasteiger partial charge on any atom is -0.377 e. The van der Waals surface area contributed by atoms with Crippen LogP contribution in [0.25, 0.3) is 0 Å². The van der Waals surface area contributed by atoms with Gasteiger partial charge in [-0.25, -0.2) is 4.98 Å². The second-order valence-electron chi connectivity index (χ2n) is 5.13. The van der Waals surface area contributed by atoms with Crippen molar-refractivity contribution in [1.82, 2.24) is 14.7 Å². The first-order chi connectivity index (χ1) is 10.5. The molecule has 1 amide bonds. The van der Waals surface area contributed by atoms with Gasteiger partial charge >= 0.3 is 0 Å². The number of carbonyl (C=O) groups excluding carboxylic acids is 1. The normalized spacial score (nSPS) is 10.4. The Morgan fingerprint density at radius 3 is 2.77 bits per heavy atom. The van der Waals surface area contributed by atoms with E-state index >= 15 is 0 Å². The molecule has 2 rings (SSSR count). The summed E-state index contributed by atoms with van der Waals surface area (Å²) in [6.07, 6.45) is 0. The highest BCUT2D eigenvalue weighted by Gasteiger charge is 2.09. The van der Waals surface area contributed by atoms with Crippen LogP contribution >= 0.6 is 11.5 Å². The summed E-state index contributed by atoms with van der Waals surface area (Å²) in [5.41, 5.74) is 2.65. The Hall–Kier alpha value is -2.15. The van der Waals surface area contributed by atoms with Crippen LogP contribution in [0.3, 0.4) is 0 Å². The molecule has 0 saturated carbocycles. The van der Waals surface area contributed by atoms with E-state index in [4.69, 9.17) is 0 Å². The van der Waals surface area contributed by atoms with Crippen molar-refractivity contribution in [3.8, 4) is 0 Å². The highest BCUT2D eigenvalue weighted by molar-refractivity contribution is 7.09. The van der Waals surface area contributed by atoms with E-state index in [0.29, 0.717) is 18.7 Å². The van der Waals surface area contributed by atoms with Gasteiger partial charge in [-0.3, -0.25) is 4.79 Å². The van der Waals surface area contributed by atoms with Crippen LogP contribution in [0.4, 0.5) is 10.8 Å². The summed E-state index contributed by atoms with van der Waals surface area (Å²) in [6, 6.07) is 5.63. The van der Waals surface area contributed by atoms with Gasteiger partial charge in [-0.1, -0.05) is 6.07 Å². The molecule has 0 aliphatic heterocycles. The minimum atomic E-state index is -0.0628. The summed E-state index contributed by atoms with van der Waals surface area (Å²) in [5, 5.41) is 6.98. The zero-order valence-electron chi connectivity index (χ0n) is 13.3. The van der Waals surface area contributed by atoms with Gasteiger partial charge in [0.05, 0.1) is 6.54 Å². The van der Waals surface area contributed by atoms with E-state index < -0.39 is 0 Å². The van der Waals surface area contributed by atoms with Crippen molar-refractivity contribution in [3.05, 3.63) is 35.2 Å². The average molecular weight is 319 g/mol. The van der Waals surface area contributed by atoms with E-state index in [1.54, 1.807) is 0 Å². The average Bonchev–Trinajstić information content (AvgIpc) is 2.96. The van der Waals surface area contributed by atoms with Gasteiger partial charge in [-0.05, 0) is 31.5 Å². The predicted octanol–water partition coefficient (Wildman–Crippen LogP) is 2.27. The van der Waals surface area contributed by atoms with Crippen molar-refractivity contribution in [2.45, 2.75) is 20.4 Å². The Morgan fingerprint density at radius 1 is 1.36 bits per heavy atom. The fraction of sp³-hybridized carbons (Fsp3) is 0.400. The van der Waals surface area contributed by atoms with Crippen molar-refractivity contribution < 1.29 is 4.79 Å². The van der Waals surface area contributed by atoms with Gasteiger partial charge in [0.15, 0.2) is 5.82 Å². The molecule has 0 bridgehead atoms. The topological polar surface area (TPSA) is 70.2 Å². The molecule has 118 valence electrons. The zero-order valence-corrected chi connectivity index (χ0v) is 14.1. The van der Waals surface area contributed by atoms with Crippen LogP contribution in [0, 0.1) is 6.92 Å². The predicted molar refractivity (Wildman–Crippen MR) is 90.7 cm³/mol. The van der Waals surface area contributed by atoms with Gasteiger partial charge in [0.1, 0.15) is 0 Å². The second kappa shape index (κ2) is 7.22. The Bertz CT molecular complexity index is 653. The lowest BCUT2D eigenvalue weighted by atomic mass is 10.1. The summed E-state index contributed by atoms with van der Waals surface area (Å²) >= 11 is 1.37. The first-order valence-corrected chi connectivity index (χ1v) is 7.91. The third kappa shape index (κ3) is 3.94. The molecule has 0 atom stereocenters. The summed E-state index contributed by atoms with van der Waals surface area (Å²) in [6.45, 7) is 5.06. The van der Waals surface area contributed by atoms with E-state index in [-0.39, 0.29) is 5.91 Å². The van der Waals surface area contributed by atoms with E-state index in [9.17, 15) is 4.79 Å². The fourth-order valence-electron chi connectivity index (χ4n) is 1.89. The Kier molecular flexibility index (Phi) is 5.32. The standard InChI is InChI=1S/C15H21N5OS/c1-5-16-14(21)11-7-6-10(2)12(8-11)17-9-13-18-15(20(3)4)22-19-13/h6-8,17H,5,9H2,1-4H3,(H,16,21). The van der Waals surface area contributed by atoms with Crippen LogP contribution in [0.1, 0.15) is 28.7 Å². The van der Waals surface area contributed by atoms with E-state index in [0.717, 1.165) is 22.2 Å². The van der Waals surface area contributed by atoms with E-state index in [2.05, 4.69) is 20.0 Å². The molecule has 1 heterocycles. The van der Waals surface area contributed by atoms with Gasteiger partial charge in [0.25, 0.3) is 5.91 Å². The molecule has 0 spiro atoms. The van der Waals surface area contributed by atoms with Gasteiger partial charge < -0.3 is 15.5 Å². The Balaban J connectivity index is 2.08. The van der Waals surface area contributed by atoms with Gasteiger partial charge in [0, 0.05) is 43.4 Å². The quantitative estimate of drug-likeness (QED) is 0.855. The first kappa shape index (κ1) is 16.2.